The molecule has 0 saturated heterocycles. The van der Waals surface area contributed by atoms with Crippen LogP contribution < -0.4 is 0 Å². The normalized spacial score (nSPS) is 12.5. The number of hydrogen-bond acceptors (Lipinski definition) is 2. The van der Waals surface area contributed by atoms with E-state index in [0.29, 0.717) is 10.9 Å². The van der Waals surface area contributed by atoms with Gasteiger partial charge in [0.05, 0.1) is 0 Å². The smallest absolute Gasteiger partial charge is 0.227 e. The Kier molecular flexibility index (Phi) is 3.45. The fourth-order valence-electron chi connectivity index (χ4n) is 1.53. The summed E-state index contributed by atoms with van der Waals surface area (Å²) in [6.45, 7) is 5.62. The molecule has 17 heavy (non-hydrogen) atoms. The zero-order valence-electron chi connectivity index (χ0n) is 9.48. The molecule has 2 nitrogen and oxygen atoms in total. The van der Waals surface area contributed by atoms with Crippen molar-refractivity contribution >= 4 is 28.3 Å². The van der Waals surface area contributed by atoms with E-state index < -0.39 is 0 Å². The Balaban J connectivity index is 2.55. The van der Waals surface area contributed by atoms with Crippen LogP contribution in [0.5, 0.6) is 0 Å². The third-order valence-electron chi connectivity index (χ3n) is 2.24. The first-order valence-electron chi connectivity index (χ1n) is 5.26. The first-order valence-corrected chi connectivity index (χ1v) is 5.64. The Hall–Kier alpha value is -1.80. The first-order chi connectivity index (χ1) is 8.24. The predicted molar refractivity (Wildman–Crippen MR) is 72.0 cm³/mol. The summed E-state index contributed by atoms with van der Waals surface area (Å²) in [6, 6.07) is 5.38. The number of hydrogen-bond donors (Lipinski definition) is 0. The predicted octanol–water partition coefficient (Wildman–Crippen LogP) is 4.63. The first kappa shape index (κ1) is 11.7. The summed E-state index contributed by atoms with van der Waals surface area (Å²) in [5.41, 5.74) is 2.37. The van der Waals surface area contributed by atoms with Gasteiger partial charge in [-0.15, -0.1) is 0 Å². The van der Waals surface area contributed by atoms with Crippen LogP contribution in [0.25, 0.3) is 16.7 Å². The lowest BCUT2D eigenvalue weighted by atomic mass is 10.2. The molecule has 1 aromatic heterocycles. The Morgan fingerprint density at radius 1 is 1.47 bits per heavy atom. The van der Waals surface area contributed by atoms with Gasteiger partial charge in [-0.1, -0.05) is 42.5 Å². The summed E-state index contributed by atoms with van der Waals surface area (Å²) in [7, 11) is 0. The molecule has 3 heteroatoms. The molecular formula is C14H12ClNO. The molecule has 86 valence electrons. The summed E-state index contributed by atoms with van der Waals surface area (Å²) in [5.74, 6) is 0.570. The largest absolute Gasteiger partial charge is 0.436 e. The van der Waals surface area contributed by atoms with Crippen LogP contribution in [0, 0.1) is 0 Å². The summed E-state index contributed by atoms with van der Waals surface area (Å²) < 4.78 is 5.65. The van der Waals surface area contributed by atoms with Gasteiger partial charge >= 0.3 is 0 Å². The van der Waals surface area contributed by atoms with E-state index in [1.807, 2.05) is 31.2 Å². The summed E-state index contributed by atoms with van der Waals surface area (Å²) in [5, 5.41) is 0.651. The zero-order valence-corrected chi connectivity index (χ0v) is 10.2. The molecule has 0 aliphatic carbocycles. The van der Waals surface area contributed by atoms with Crippen molar-refractivity contribution in [3.8, 4) is 0 Å². The van der Waals surface area contributed by atoms with Crippen molar-refractivity contribution in [3.63, 3.8) is 0 Å². The van der Waals surface area contributed by atoms with Gasteiger partial charge in [0, 0.05) is 10.6 Å². The van der Waals surface area contributed by atoms with E-state index in [2.05, 4.69) is 11.6 Å². The van der Waals surface area contributed by atoms with Crippen LogP contribution >= 0.6 is 11.6 Å². The summed E-state index contributed by atoms with van der Waals surface area (Å²) >= 11 is 5.90. The van der Waals surface area contributed by atoms with Crippen molar-refractivity contribution in [1.29, 1.82) is 0 Å². The van der Waals surface area contributed by atoms with Crippen molar-refractivity contribution in [2.75, 3.05) is 0 Å². The highest BCUT2D eigenvalue weighted by molar-refractivity contribution is 6.31. The van der Waals surface area contributed by atoms with Gasteiger partial charge in [0.1, 0.15) is 5.52 Å². The van der Waals surface area contributed by atoms with Crippen LogP contribution in [-0.2, 0) is 0 Å². The van der Waals surface area contributed by atoms with Crippen molar-refractivity contribution in [1.82, 2.24) is 4.98 Å². The standard InChI is InChI=1S/C14H12ClNO/c1-3-5-10(6-4-2)14-16-12-9-11(15)7-8-13(12)17-14/h3-9H,1H2,2H3/b6-4-,10-5+. The molecule has 2 aromatic rings. The van der Waals surface area contributed by atoms with E-state index in [0.717, 1.165) is 16.7 Å². The fraction of sp³-hybridized carbons (Fsp3) is 0.0714. The maximum atomic E-state index is 5.90. The van der Waals surface area contributed by atoms with Gasteiger partial charge < -0.3 is 4.42 Å². The third kappa shape index (κ3) is 2.48. The minimum absolute atomic E-state index is 0.570. The summed E-state index contributed by atoms with van der Waals surface area (Å²) in [4.78, 5) is 4.39. The van der Waals surface area contributed by atoms with Gasteiger partial charge in [-0.2, -0.15) is 0 Å². The second-order valence-electron chi connectivity index (χ2n) is 3.49. The molecule has 1 aromatic carbocycles. The number of allylic oxidation sites excluding steroid dienone is 5. The van der Waals surface area contributed by atoms with Gasteiger partial charge in [-0.3, -0.25) is 0 Å². The molecule has 0 fully saturated rings. The number of halogens is 1. The van der Waals surface area contributed by atoms with Crippen molar-refractivity contribution in [2.24, 2.45) is 0 Å². The van der Waals surface area contributed by atoms with Gasteiger partial charge in [-0.25, -0.2) is 4.98 Å². The van der Waals surface area contributed by atoms with Crippen LogP contribution in [0.4, 0.5) is 0 Å². The Labute approximate surface area is 105 Å². The lowest BCUT2D eigenvalue weighted by molar-refractivity contribution is 0.586. The minimum Gasteiger partial charge on any atom is -0.436 e. The second kappa shape index (κ2) is 5.02. The van der Waals surface area contributed by atoms with Crippen LogP contribution in [0.2, 0.25) is 5.02 Å². The maximum absolute atomic E-state index is 5.90. The Morgan fingerprint density at radius 2 is 2.29 bits per heavy atom. The molecule has 0 aliphatic rings. The number of nitrogens with zero attached hydrogens (tertiary/aromatic N) is 1. The fourth-order valence-corrected chi connectivity index (χ4v) is 1.70. The molecule has 0 spiro atoms. The highest BCUT2D eigenvalue weighted by atomic mass is 35.5. The van der Waals surface area contributed by atoms with Gasteiger partial charge in [0.25, 0.3) is 0 Å². The summed E-state index contributed by atoms with van der Waals surface area (Å²) in [6.07, 6.45) is 7.41. The quantitative estimate of drug-likeness (QED) is 0.737. The molecular weight excluding hydrogens is 234 g/mol. The van der Waals surface area contributed by atoms with Gasteiger partial charge in [-0.05, 0) is 25.1 Å². The number of benzene rings is 1. The van der Waals surface area contributed by atoms with Gasteiger partial charge in [0.15, 0.2) is 5.58 Å². The van der Waals surface area contributed by atoms with Crippen LogP contribution in [0.1, 0.15) is 12.8 Å². The lowest BCUT2D eigenvalue weighted by Crippen LogP contribution is -1.79. The topological polar surface area (TPSA) is 26.0 Å². The van der Waals surface area contributed by atoms with Gasteiger partial charge in [0.2, 0.25) is 5.89 Å². The molecule has 0 aliphatic heterocycles. The molecule has 0 atom stereocenters. The number of fused-ring (bicyclic) bond motifs is 1. The monoisotopic (exact) mass is 245 g/mol. The van der Waals surface area contributed by atoms with Crippen LogP contribution in [0.15, 0.2) is 53.5 Å². The van der Waals surface area contributed by atoms with Crippen molar-refractivity contribution in [2.45, 2.75) is 6.92 Å². The van der Waals surface area contributed by atoms with E-state index in [1.54, 1.807) is 18.2 Å². The van der Waals surface area contributed by atoms with Crippen molar-refractivity contribution < 1.29 is 4.42 Å². The van der Waals surface area contributed by atoms with E-state index in [-0.39, 0.29) is 0 Å². The van der Waals surface area contributed by atoms with E-state index in [1.165, 1.54) is 0 Å². The Morgan fingerprint density at radius 3 is 3.00 bits per heavy atom. The molecule has 2 rings (SSSR count). The third-order valence-corrected chi connectivity index (χ3v) is 2.48. The second-order valence-corrected chi connectivity index (χ2v) is 3.93. The number of oxazole rings is 1. The number of aromatic nitrogens is 1. The molecule has 0 N–H and O–H groups in total. The average molecular weight is 246 g/mol. The number of rotatable bonds is 3. The minimum atomic E-state index is 0.570. The maximum Gasteiger partial charge on any atom is 0.227 e. The van der Waals surface area contributed by atoms with E-state index in [9.17, 15) is 0 Å². The molecule has 0 radical (unpaired) electrons. The highest BCUT2D eigenvalue weighted by Gasteiger charge is 2.08. The molecule has 1 heterocycles. The van der Waals surface area contributed by atoms with Crippen molar-refractivity contribution in [3.05, 3.63) is 60.0 Å². The molecule has 0 saturated carbocycles. The lowest BCUT2D eigenvalue weighted by Gasteiger charge is -1.92. The van der Waals surface area contributed by atoms with Crippen LogP contribution in [-0.4, -0.2) is 4.98 Å². The van der Waals surface area contributed by atoms with E-state index >= 15 is 0 Å². The molecule has 0 unspecified atom stereocenters. The Bertz CT molecular complexity index is 608. The van der Waals surface area contributed by atoms with E-state index in [4.69, 9.17) is 16.0 Å². The molecule has 0 bridgehead atoms. The molecule has 0 amide bonds. The average Bonchev–Trinajstić information content (AvgIpc) is 2.71. The van der Waals surface area contributed by atoms with Crippen LogP contribution in [0.3, 0.4) is 0 Å². The SMILES string of the molecule is C=C/C=C(\C=C/C)c1nc2cc(Cl)ccc2o1. The highest BCUT2D eigenvalue weighted by Crippen LogP contribution is 2.24. The zero-order chi connectivity index (χ0) is 12.3.